The molecule has 6 heteroatoms. The van der Waals surface area contributed by atoms with Gasteiger partial charge in [-0.25, -0.2) is 0 Å². The fourth-order valence-corrected chi connectivity index (χ4v) is 3.31. The van der Waals surface area contributed by atoms with Crippen LogP contribution in [0.15, 0.2) is 23.1 Å². The van der Waals surface area contributed by atoms with Crippen LogP contribution >= 0.6 is 11.8 Å². The number of thioether (sulfide) groups is 1. The lowest BCUT2D eigenvalue weighted by Gasteiger charge is -2.12. The first kappa shape index (κ1) is 13.9. The predicted octanol–water partition coefficient (Wildman–Crippen LogP) is 3.25. The van der Waals surface area contributed by atoms with E-state index in [0.29, 0.717) is 0 Å². The molecule has 1 aromatic carbocycles. The van der Waals surface area contributed by atoms with Gasteiger partial charge in [0.15, 0.2) is 0 Å². The number of hydrogen-bond acceptors (Lipinski definition) is 4. The molecule has 0 bridgehead atoms. The number of nitro groups is 1. The second-order valence-corrected chi connectivity index (χ2v) is 6.08. The summed E-state index contributed by atoms with van der Waals surface area (Å²) in [6.07, 6.45) is 2.13. The molecule has 0 amide bonds. The van der Waals surface area contributed by atoms with Gasteiger partial charge in [-0.05, 0) is 36.8 Å². The van der Waals surface area contributed by atoms with Crippen molar-refractivity contribution in [1.29, 1.82) is 0 Å². The summed E-state index contributed by atoms with van der Waals surface area (Å²) in [5, 5.41) is 19.5. The van der Waals surface area contributed by atoms with E-state index < -0.39 is 10.9 Å². The van der Waals surface area contributed by atoms with E-state index >= 15 is 0 Å². The maximum atomic E-state index is 10.8. The van der Waals surface area contributed by atoms with E-state index in [9.17, 15) is 14.9 Å². The van der Waals surface area contributed by atoms with Crippen molar-refractivity contribution in [1.82, 2.24) is 0 Å². The van der Waals surface area contributed by atoms with Gasteiger partial charge >= 0.3 is 5.97 Å². The standard InChI is InChI=1S/C13H15NO4S/c1-9-6-10(14(17)18)2-3-11(9)19-8-13(4-5-13)7-12(15)16/h2-3,6H,4-5,7-8H2,1H3,(H,15,16). The van der Waals surface area contributed by atoms with E-state index in [1.807, 2.05) is 6.92 Å². The Morgan fingerprint density at radius 2 is 2.21 bits per heavy atom. The molecule has 1 N–H and O–H groups in total. The summed E-state index contributed by atoms with van der Waals surface area (Å²) in [5.74, 6) is 0.0105. The second kappa shape index (κ2) is 5.21. The summed E-state index contributed by atoms with van der Waals surface area (Å²) in [6, 6.07) is 4.79. The van der Waals surface area contributed by atoms with Gasteiger partial charge in [0.25, 0.3) is 5.69 Å². The number of nitro benzene ring substituents is 1. The topological polar surface area (TPSA) is 80.4 Å². The molecule has 2 rings (SSSR count). The van der Waals surface area contributed by atoms with Crippen molar-refractivity contribution >= 4 is 23.4 Å². The molecule has 1 fully saturated rings. The number of benzene rings is 1. The first-order chi connectivity index (χ1) is 8.92. The Morgan fingerprint density at radius 1 is 1.53 bits per heavy atom. The molecule has 1 saturated carbocycles. The fraction of sp³-hybridized carbons (Fsp3) is 0.462. The largest absolute Gasteiger partial charge is 0.481 e. The molecule has 19 heavy (non-hydrogen) atoms. The van der Waals surface area contributed by atoms with E-state index in [4.69, 9.17) is 5.11 Å². The highest BCUT2D eigenvalue weighted by Gasteiger charge is 2.44. The lowest BCUT2D eigenvalue weighted by Crippen LogP contribution is -2.11. The van der Waals surface area contributed by atoms with Gasteiger partial charge < -0.3 is 5.11 Å². The first-order valence-corrected chi connectivity index (χ1v) is 7.00. The van der Waals surface area contributed by atoms with E-state index in [2.05, 4.69) is 0 Å². The van der Waals surface area contributed by atoms with Gasteiger partial charge in [-0.1, -0.05) is 0 Å². The van der Waals surface area contributed by atoms with E-state index in [1.54, 1.807) is 23.9 Å². The number of carbonyl (C=O) groups is 1. The van der Waals surface area contributed by atoms with E-state index in [-0.39, 0.29) is 17.5 Å². The van der Waals surface area contributed by atoms with Crippen LogP contribution in [0, 0.1) is 22.5 Å². The molecule has 5 nitrogen and oxygen atoms in total. The minimum atomic E-state index is -0.751. The number of aryl methyl sites for hydroxylation is 1. The van der Waals surface area contributed by atoms with Crippen molar-refractivity contribution in [3.05, 3.63) is 33.9 Å². The van der Waals surface area contributed by atoms with Crippen molar-refractivity contribution in [2.45, 2.75) is 31.1 Å². The van der Waals surface area contributed by atoms with E-state index in [0.717, 1.165) is 29.1 Å². The molecule has 1 aromatic rings. The van der Waals surface area contributed by atoms with E-state index in [1.165, 1.54) is 6.07 Å². The number of carboxylic acids is 1. The van der Waals surface area contributed by atoms with Gasteiger partial charge in [0.2, 0.25) is 0 Å². The maximum absolute atomic E-state index is 10.8. The summed E-state index contributed by atoms with van der Waals surface area (Å²) < 4.78 is 0. The minimum absolute atomic E-state index is 0.0648. The Kier molecular flexibility index (Phi) is 3.80. The molecule has 1 aliphatic carbocycles. The zero-order valence-electron chi connectivity index (χ0n) is 10.6. The van der Waals surface area contributed by atoms with Gasteiger partial charge in [-0.2, -0.15) is 0 Å². The number of nitrogens with zero attached hydrogens (tertiary/aromatic N) is 1. The molecule has 102 valence electrons. The minimum Gasteiger partial charge on any atom is -0.481 e. The third-order valence-electron chi connectivity index (χ3n) is 3.39. The molecule has 0 heterocycles. The molecule has 0 saturated heterocycles. The van der Waals surface area contributed by atoms with Gasteiger partial charge in [0.05, 0.1) is 11.3 Å². The lowest BCUT2D eigenvalue weighted by atomic mass is 10.1. The van der Waals surface area contributed by atoms with Crippen LogP contribution in [0.5, 0.6) is 0 Å². The lowest BCUT2D eigenvalue weighted by molar-refractivity contribution is -0.385. The van der Waals surface area contributed by atoms with Crippen LogP contribution in [0.2, 0.25) is 0 Å². The Balaban J connectivity index is 2.00. The van der Waals surface area contributed by atoms with Crippen molar-refractivity contribution in [2.24, 2.45) is 5.41 Å². The van der Waals surface area contributed by atoms with Crippen molar-refractivity contribution in [3.8, 4) is 0 Å². The number of non-ortho nitro benzene ring substituents is 1. The van der Waals surface area contributed by atoms with Crippen LogP contribution in [0.4, 0.5) is 5.69 Å². The van der Waals surface area contributed by atoms with Crippen molar-refractivity contribution in [3.63, 3.8) is 0 Å². The summed E-state index contributed by atoms with van der Waals surface area (Å²) in [6.45, 7) is 1.84. The average Bonchev–Trinajstić information content (AvgIpc) is 3.06. The van der Waals surface area contributed by atoms with Gasteiger partial charge in [-0.3, -0.25) is 14.9 Å². The van der Waals surface area contributed by atoms with Crippen molar-refractivity contribution in [2.75, 3.05) is 5.75 Å². The fourth-order valence-electron chi connectivity index (χ4n) is 2.01. The molecule has 0 spiro atoms. The Morgan fingerprint density at radius 3 is 2.68 bits per heavy atom. The highest BCUT2D eigenvalue weighted by Crippen LogP contribution is 2.52. The molecular weight excluding hydrogens is 266 g/mol. The summed E-state index contributed by atoms with van der Waals surface area (Å²) in [5.41, 5.74) is 0.892. The summed E-state index contributed by atoms with van der Waals surface area (Å²) >= 11 is 1.59. The molecule has 0 unspecified atom stereocenters. The predicted molar refractivity (Wildman–Crippen MR) is 72.5 cm³/mol. The van der Waals surface area contributed by atoms with Gasteiger partial charge in [0.1, 0.15) is 0 Å². The number of hydrogen-bond donors (Lipinski definition) is 1. The smallest absolute Gasteiger partial charge is 0.303 e. The second-order valence-electron chi connectivity index (χ2n) is 5.07. The van der Waals surface area contributed by atoms with Crippen LogP contribution in [-0.4, -0.2) is 21.8 Å². The Labute approximate surface area is 115 Å². The SMILES string of the molecule is Cc1cc([N+](=O)[O-])ccc1SCC1(CC(=O)O)CC1. The van der Waals surface area contributed by atoms with Crippen LogP contribution in [-0.2, 0) is 4.79 Å². The van der Waals surface area contributed by atoms with Gasteiger partial charge in [-0.15, -0.1) is 11.8 Å². The zero-order chi connectivity index (χ0) is 14.0. The Bertz CT molecular complexity index is 525. The van der Waals surface area contributed by atoms with Gasteiger partial charge in [0, 0.05) is 22.8 Å². The first-order valence-electron chi connectivity index (χ1n) is 6.02. The number of rotatable bonds is 6. The number of aliphatic carboxylic acids is 1. The number of carboxylic acid groups (broad SMARTS) is 1. The third kappa shape index (κ3) is 3.47. The maximum Gasteiger partial charge on any atom is 0.303 e. The molecule has 0 aliphatic heterocycles. The molecule has 0 atom stereocenters. The van der Waals surface area contributed by atoms with Crippen LogP contribution in [0.3, 0.4) is 0 Å². The molecule has 1 aliphatic rings. The summed E-state index contributed by atoms with van der Waals surface area (Å²) in [4.78, 5) is 22.0. The average molecular weight is 281 g/mol. The molecule has 0 aromatic heterocycles. The molecule has 0 radical (unpaired) electrons. The van der Waals surface area contributed by atoms with Crippen LogP contribution in [0.1, 0.15) is 24.8 Å². The normalized spacial score (nSPS) is 16.1. The van der Waals surface area contributed by atoms with Crippen LogP contribution < -0.4 is 0 Å². The zero-order valence-corrected chi connectivity index (χ0v) is 11.4. The molecular formula is C13H15NO4S. The van der Waals surface area contributed by atoms with Crippen LogP contribution in [0.25, 0.3) is 0 Å². The highest BCUT2D eigenvalue weighted by atomic mass is 32.2. The Hall–Kier alpha value is -1.56. The third-order valence-corrected chi connectivity index (χ3v) is 4.91. The van der Waals surface area contributed by atoms with Crippen molar-refractivity contribution < 1.29 is 14.8 Å². The highest BCUT2D eigenvalue weighted by molar-refractivity contribution is 7.99. The summed E-state index contributed by atoms with van der Waals surface area (Å²) in [7, 11) is 0. The quantitative estimate of drug-likeness (QED) is 0.492. The monoisotopic (exact) mass is 281 g/mol.